The summed E-state index contributed by atoms with van der Waals surface area (Å²) in [7, 11) is 0. The van der Waals surface area contributed by atoms with Gasteiger partial charge in [-0.2, -0.15) is 0 Å². The molecule has 1 heteroatoms. The Hall–Kier alpha value is -0.460. The second-order valence-electron chi connectivity index (χ2n) is 6.00. The summed E-state index contributed by atoms with van der Waals surface area (Å²) in [6, 6.07) is 0. The van der Waals surface area contributed by atoms with E-state index >= 15 is 0 Å². The Bertz CT molecular complexity index is 186. The molecule has 0 spiro atoms. The molecule has 0 radical (unpaired) electrons. The summed E-state index contributed by atoms with van der Waals surface area (Å²) in [5.41, 5.74) is 6.39. The quantitative estimate of drug-likeness (QED) is 0.345. The predicted molar refractivity (Wildman–Crippen MR) is 88.3 cm³/mol. The van der Waals surface area contributed by atoms with Crippen LogP contribution in [0.1, 0.15) is 103 Å². The molecule has 1 nitrogen and oxygen atoms in total. The van der Waals surface area contributed by atoms with Gasteiger partial charge in [0.1, 0.15) is 0 Å². The van der Waals surface area contributed by atoms with E-state index in [1.165, 1.54) is 89.9 Å². The number of hydrogen-bond acceptors (Lipinski definition) is 1. The summed E-state index contributed by atoms with van der Waals surface area (Å²) in [5.74, 6) is 0. The molecule has 114 valence electrons. The molecule has 0 saturated carbocycles. The van der Waals surface area contributed by atoms with Crippen molar-refractivity contribution in [1.29, 1.82) is 0 Å². The fourth-order valence-electron chi connectivity index (χ4n) is 2.55. The molecular weight excluding hydrogens is 230 g/mol. The lowest BCUT2D eigenvalue weighted by atomic mass is 10.0. The number of rotatable bonds is 15. The van der Waals surface area contributed by atoms with Crippen LogP contribution >= 0.6 is 0 Å². The van der Waals surface area contributed by atoms with Crippen LogP contribution < -0.4 is 5.73 Å². The summed E-state index contributed by atoms with van der Waals surface area (Å²) in [6.07, 6.45) is 20.8. The average molecular weight is 268 g/mol. The normalized spacial score (nSPS) is 10.8. The molecule has 0 aliphatic heterocycles. The highest BCUT2D eigenvalue weighted by atomic mass is 14.5. The molecule has 0 aromatic rings. The Morgan fingerprint density at radius 3 is 1.26 bits per heavy atom. The van der Waals surface area contributed by atoms with Gasteiger partial charge in [0.05, 0.1) is 0 Å². The van der Waals surface area contributed by atoms with E-state index in [0.717, 1.165) is 12.1 Å². The first-order valence-corrected chi connectivity index (χ1v) is 8.70. The van der Waals surface area contributed by atoms with Crippen molar-refractivity contribution in [2.24, 2.45) is 5.73 Å². The molecule has 2 N–H and O–H groups in total. The topological polar surface area (TPSA) is 26.0 Å². The molecule has 0 saturated heterocycles. The molecule has 0 heterocycles. The standard InChI is InChI=1S/C18H37N/c1-3-4-5-6-7-8-9-10-11-12-13-14-15-16-17-18(2)19/h2-17,19H2,1H3. The van der Waals surface area contributed by atoms with Crippen LogP contribution in [0.4, 0.5) is 0 Å². The molecule has 0 bridgehead atoms. The summed E-state index contributed by atoms with van der Waals surface area (Å²) >= 11 is 0. The van der Waals surface area contributed by atoms with Gasteiger partial charge in [0.2, 0.25) is 0 Å². The highest BCUT2D eigenvalue weighted by Gasteiger charge is 1.94. The number of hydrogen-bond donors (Lipinski definition) is 1. The van der Waals surface area contributed by atoms with Crippen molar-refractivity contribution in [3.05, 3.63) is 12.3 Å². The van der Waals surface area contributed by atoms with Crippen molar-refractivity contribution >= 4 is 0 Å². The predicted octanol–water partition coefficient (Wildman–Crippen LogP) is 6.33. The smallest absolute Gasteiger partial charge is 0.000744 e. The number of unbranched alkanes of at least 4 members (excludes halogenated alkanes) is 13. The molecule has 0 rings (SSSR count). The van der Waals surface area contributed by atoms with Crippen LogP contribution in [0.15, 0.2) is 12.3 Å². The largest absolute Gasteiger partial charge is 0.403 e. The Morgan fingerprint density at radius 2 is 0.947 bits per heavy atom. The monoisotopic (exact) mass is 267 g/mol. The maximum atomic E-state index is 5.55. The minimum absolute atomic E-state index is 0.846. The lowest BCUT2D eigenvalue weighted by Crippen LogP contribution is -1.93. The zero-order chi connectivity index (χ0) is 14.2. The van der Waals surface area contributed by atoms with E-state index in [1.54, 1.807) is 0 Å². The average Bonchev–Trinajstić information content (AvgIpc) is 2.39. The maximum Gasteiger partial charge on any atom is 0.000744 e. The van der Waals surface area contributed by atoms with E-state index in [4.69, 9.17) is 5.73 Å². The summed E-state index contributed by atoms with van der Waals surface area (Å²) in [4.78, 5) is 0. The first kappa shape index (κ1) is 18.5. The van der Waals surface area contributed by atoms with E-state index in [1.807, 2.05) is 0 Å². The Morgan fingerprint density at radius 1 is 0.632 bits per heavy atom. The van der Waals surface area contributed by atoms with Crippen LogP contribution in [0.2, 0.25) is 0 Å². The van der Waals surface area contributed by atoms with E-state index < -0.39 is 0 Å². The molecule has 0 aromatic carbocycles. The molecule has 0 atom stereocenters. The second-order valence-corrected chi connectivity index (χ2v) is 6.00. The summed E-state index contributed by atoms with van der Waals surface area (Å²) < 4.78 is 0. The van der Waals surface area contributed by atoms with Gasteiger partial charge in [-0.05, 0) is 12.8 Å². The first-order chi connectivity index (χ1) is 9.27. The van der Waals surface area contributed by atoms with Gasteiger partial charge in [-0.15, -0.1) is 0 Å². The van der Waals surface area contributed by atoms with Gasteiger partial charge >= 0.3 is 0 Å². The van der Waals surface area contributed by atoms with Crippen molar-refractivity contribution < 1.29 is 0 Å². The Balaban J connectivity index is 2.93. The van der Waals surface area contributed by atoms with Crippen molar-refractivity contribution in [1.82, 2.24) is 0 Å². The third kappa shape index (κ3) is 17.5. The summed E-state index contributed by atoms with van der Waals surface area (Å²) in [6.45, 7) is 6.02. The fourth-order valence-corrected chi connectivity index (χ4v) is 2.55. The first-order valence-electron chi connectivity index (χ1n) is 8.70. The van der Waals surface area contributed by atoms with Gasteiger partial charge in [-0.3, -0.25) is 0 Å². The fraction of sp³-hybridized carbons (Fsp3) is 0.889. The van der Waals surface area contributed by atoms with E-state index in [9.17, 15) is 0 Å². The van der Waals surface area contributed by atoms with Crippen LogP contribution in [0.3, 0.4) is 0 Å². The minimum atomic E-state index is 0.846. The van der Waals surface area contributed by atoms with Gasteiger partial charge in [0.15, 0.2) is 0 Å². The van der Waals surface area contributed by atoms with Gasteiger partial charge in [-0.1, -0.05) is 97.0 Å². The third-order valence-corrected chi connectivity index (χ3v) is 3.85. The lowest BCUT2D eigenvalue weighted by molar-refractivity contribution is 0.535. The van der Waals surface area contributed by atoms with Crippen LogP contribution in [-0.4, -0.2) is 0 Å². The molecule has 0 aliphatic rings. The van der Waals surface area contributed by atoms with Crippen LogP contribution in [-0.2, 0) is 0 Å². The molecule has 0 aromatic heterocycles. The van der Waals surface area contributed by atoms with Crippen molar-refractivity contribution in [2.75, 3.05) is 0 Å². The van der Waals surface area contributed by atoms with Gasteiger partial charge in [0, 0.05) is 5.70 Å². The Labute approximate surface area is 122 Å². The van der Waals surface area contributed by atoms with Crippen molar-refractivity contribution in [3.63, 3.8) is 0 Å². The number of allylic oxidation sites excluding steroid dienone is 1. The van der Waals surface area contributed by atoms with Crippen molar-refractivity contribution in [3.8, 4) is 0 Å². The minimum Gasteiger partial charge on any atom is -0.403 e. The van der Waals surface area contributed by atoms with Crippen molar-refractivity contribution in [2.45, 2.75) is 103 Å². The summed E-state index contributed by atoms with van der Waals surface area (Å²) in [5, 5.41) is 0. The lowest BCUT2D eigenvalue weighted by Gasteiger charge is -2.03. The highest BCUT2D eigenvalue weighted by Crippen LogP contribution is 2.13. The van der Waals surface area contributed by atoms with Gasteiger partial charge in [-0.25, -0.2) is 0 Å². The molecule has 0 aliphatic carbocycles. The number of nitrogens with two attached hydrogens (primary N) is 1. The molecule has 0 unspecified atom stereocenters. The molecule has 0 amide bonds. The zero-order valence-electron chi connectivity index (χ0n) is 13.4. The molecule has 0 fully saturated rings. The third-order valence-electron chi connectivity index (χ3n) is 3.85. The van der Waals surface area contributed by atoms with Crippen LogP contribution in [0.25, 0.3) is 0 Å². The van der Waals surface area contributed by atoms with Gasteiger partial charge in [0.25, 0.3) is 0 Å². The highest BCUT2D eigenvalue weighted by molar-refractivity contribution is 4.84. The SMILES string of the molecule is C=C(N)CCCCCCCCCCCCCCCC. The molecular formula is C18H37N. The van der Waals surface area contributed by atoms with Gasteiger partial charge < -0.3 is 5.73 Å². The van der Waals surface area contributed by atoms with Crippen LogP contribution in [0, 0.1) is 0 Å². The van der Waals surface area contributed by atoms with Crippen LogP contribution in [0.5, 0.6) is 0 Å². The van der Waals surface area contributed by atoms with E-state index in [-0.39, 0.29) is 0 Å². The van der Waals surface area contributed by atoms with E-state index in [0.29, 0.717) is 0 Å². The second kappa shape index (κ2) is 15.6. The maximum absolute atomic E-state index is 5.55. The zero-order valence-corrected chi connectivity index (χ0v) is 13.4. The molecule has 19 heavy (non-hydrogen) atoms. The van der Waals surface area contributed by atoms with E-state index in [2.05, 4.69) is 13.5 Å². The Kier molecular flexibility index (Phi) is 15.2.